The van der Waals surface area contributed by atoms with E-state index in [2.05, 4.69) is 17.6 Å². The molecule has 2 heteroatoms. The van der Waals surface area contributed by atoms with Gasteiger partial charge in [0.2, 0.25) is 0 Å². The minimum atomic E-state index is 0.879. The lowest BCUT2D eigenvalue weighted by molar-refractivity contribution is 0.488. The van der Waals surface area contributed by atoms with Crippen LogP contribution >= 0.6 is 0 Å². The lowest BCUT2D eigenvalue weighted by Crippen LogP contribution is -2.22. The monoisotopic (exact) mass is 196 g/mol. The molecule has 1 aliphatic carbocycles. The molecule has 1 heterocycles. The molecule has 0 amide bonds. The predicted octanol–water partition coefficient (Wildman–Crippen LogP) is 1.76. The fraction of sp³-hybridized carbons (Fsp3) is 1.00. The third kappa shape index (κ3) is 2.96. The highest BCUT2D eigenvalue weighted by molar-refractivity contribution is 4.92. The molecule has 14 heavy (non-hydrogen) atoms. The van der Waals surface area contributed by atoms with E-state index in [-0.39, 0.29) is 0 Å². The molecule has 2 rings (SSSR count). The van der Waals surface area contributed by atoms with E-state index in [4.69, 9.17) is 0 Å². The molecule has 2 nitrogen and oxygen atoms in total. The van der Waals surface area contributed by atoms with Crippen LogP contribution in [0.3, 0.4) is 0 Å². The van der Waals surface area contributed by atoms with Crippen molar-refractivity contribution in [3.8, 4) is 0 Å². The molecule has 0 aromatic heterocycles. The summed E-state index contributed by atoms with van der Waals surface area (Å²) in [4.78, 5) is 0. The van der Waals surface area contributed by atoms with Gasteiger partial charge in [-0.2, -0.15) is 0 Å². The molecule has 0 aromatic carbocycles. The molecular formula is C12H24N2. The molecule has 0 aromatic rings. The zero-order valence-electron chi connectivity index (χ0n) is 9.39. The van der Waals surface area contributed by atoms with Gasteiger partial charge in [0, 0.05) is 6.04 Å². The van der Waals surface area contributed by atoms with Gasteiger partial charge in [-0.3, -0.25) is 0 Å². The van der Waals surface area contributed by atoms with Crippen LogP contribution in [-0.4, -0.2) is 25.7 Å². The van der Waals surface area contributed by atoms with Gasteiger partial charge in [-0.15, -0.1) is 0 Å². The average Bonchev–Trinajstić information content (AvgIpc) is 2.73. The maximum absolute atomic E-state index is 3.69. The first kappa shape index (κ1) is 10.4. The molecule has 82 valence electrons. The van der Waals surface area contributed by atoms with Crippen LogP contribution in [0.15, 0.2) is 0 Å². The highest BCUT2D eigenvalue weighted by Gasteiger charge is 2.35. The van der Waals surface area contributed by atoms with Gasteiger partial charge in [-0.05, 0) is 57.2 Å². The van der Waals surface area contributed by atoms with Crippen LogP contribution in [0.2, 0.25) is 0 Å². The van der Waals surface area contributed by atoms with Crippen LogP contribution in [0.4, 0.5) is 0 Å². The largest absolute Gasteiger partial charge is 0.316 e. The minimum absolute atomic E-state index is 0.879. The van der Waals surface area contributed by atoms with Crippen molar-refractivity contribution in [1.29, 1.82) is 0 Å². The van der Waals surface area contributed by atoms with Gasteiger partial charge in [0.1, 0.15) is 0 Å². The van der Waals surface area contributed by atoms with E-state index in [1.54, 1.807) is 0 Å². The second-order valence-corrected chi connectivity index (χ2v) is 4.99. The number of nitrogens with one attached hydrogen (secondary N) is 2. The molecule has 2 fully saturated rings. The van der Waals surface area contributed by atoms with Crippen molar-refractivity contribution in [2.45, 2.75) is 45.1 Å². The van der Waals surface area contributed by atoms with Gasteiger partial charge in [0.15, 0.2) is 0 Å². The standard InChI is InChI=1S/C12H24N2/c1-2-3-11-8-12(11)14-7-5-10-4-6-13-9-10/h10-14H,2-9H2,1H3. The summed E-state index contributed by atoms with van der Waals surface area (Å²) in [5.41, 5.74) is 0. The lowest BCUT2D eigenvalue weighted by Gasteiger charge is -2.08. The number of hydrogen-bond donors (Lipinski definition) is 2. The zero-order chi connectivity index (χ0) is 9.80. The van der Waals surface area contributed by atoms with Crippen LogP contribution in [0.25, 0.3) is 0 Å². The Morgan fingerprint density at radius 1 is 1.36 bits per heavy atom. The molecule has 3 unspecified atom stereocenters. The molecule has 2 aliphatic rings. The summed E-state index contributed by atoms with van der Waals surface area (Å²) in [7, 11) is 0. The first-order valence-corrected chi connectivity index (χ1v) is 6.34. The zero-order valence-corrected chi connectivity index (χ0v) is 9.39. The van der Waals surface area contributed by atoms with E-state index in [0.717, 1.165) is 17.9 Å². The van der Waals surface area contributed by atoms with Crippen molar-refractivity contribution >= 4 is 0 Å². The number of rotatable bonds is 6. The Hall–Kier alpha value is -0.0800. The molecular weight excluding hydrogens is 172 g/mol. The summed E-state index contributed by atoms with van der Waals surface area (Å²) in [5.74, 6) is 1.97. The molecule has 1 aliphatic heterocycles. The van der Waals surface area contributed by atoms with E-state index < -0.39 is 0 Å². The summed E-state index contributed by atoms with van der Waals surface area (Å²) in [6.07, 6.45) is 7.00. The summed E-state index contributed by atoms with van der Waals surface area (Å²) in [6.45, 7) is 6.04. The molecule has 0 spiro atoms. The van der Waals surface area contributed by atoms with E-state index in [0.29, 0.717) is 0 Å². The quantitative estimate of drug-likeness (QED) is 0.676. The van der Waals surface area contributed by atoms with Gasteiger partial charge in [0.25, 0.3) is 0 Å². The molecule has 1 saturated heterocycles. The van der Waals surface area contributed by atoms with Gasteiger partial charge in [0.05, 0.1) is 0 Å². The fourth-order valence-corrected chi connectivity index (χ4v) is 2.62. The Morgan fingerprint density at radius 3 is 3.00 bits per heavy atom. The average molecular weight is 196 g/mol. The topological polar surface area (TPSA) is 24.1 Å². The second kappa shape index (κ2) is 5.13. The summed E-state index contributed by atoms with van der Waals surface area (Å²) in [5, 5.41) is 7.12. The van der Waals surface area contributed by atoms with Crippen molar-refractivity contribution in [3.63, 3.8) is 0 Å². The van der Waals surface area contributed by atoms with Gasteiger partial charge < -0.3 is 10.6 Å². The Bertz CT molecular complexity index is 164. The Labute approximate surface area is 87.8 Å². The normalized spacial score (nSPS) is 36.2. The summed E-state index contributed by atoms with van der Waals surface area (Å²) < 4.78 is 0. The second-order valence-electron chi connectivity index (χ2n) is 4.99. The highest BCUT2D eigenvalue weighted by Crippen LogP contribution is 2.34. The Kier molecular flexibility index (Phi) is 3.82. The van der Waals surface area contributed by atoms with Crippen molar-refractivity contribution in [1.82, 2.24) is 10.6 Å². The van der Waals surface area contributed by atoms with Gasteiger partial charge in [-0.25, -0.2) is 0 Å². The summed E-state index contributed by atoms with van der Waals surface area (Å²) >= 11 is 0. The molecule has 0 bridgehead atoms. The van der Waals surface area contributed by atoms with Crippen LogP contribution < -0.4 is 10.6 Å². The molecule has 1 saturated carbocycles. The highest BCUT2D eigenvalue weighted by atomic mass is 15.0. The predicted molar refractivity (Wildman–Crippen MR) is 60.4 cm³/mol. The Morgan fingerprint density at radius 2 is 2.29 bits per heavy atom. The third-order valence-corrected chi connectivity index (χ3v) is 3.70. The van der Waals surface area contributed by atoms with Crippen molar-refractivity contribution in [2.75, 3.05) is 19.6 Å². The van der Waals surface area contributed by atoms with Crippen molar-refractivity contribution < 1.29 is 0 Å². The van der Waals surface area contributed by atoms with E-state index in [1.807, 2.05) is 0 Å². The van der Waals surface area contributed by atoms with Crippen LogP contribution in [-0.2, 0) is 0 Å². The molecule has 0 radical (unpaired) electrons. The van der Waals surface area contributed by atoms with Gasteiger partial charge in [-0.1, -0.05) is 13.3 Å². The molecule has 3 atom stereocenters. The first-order chi connectivity index (χ1) is 6.90. The van der Waals surface area contributed by atoms with E-state index in [9.17, 15) is 0 Å². The Balaban J connectivity index is 1.48. The van der Waals surface area contributed by atoms with Gasteiger partial charge >= 0.3 is 0 Å². The smallest absolute Gasteiger partial charge is 0.00991 e. The van der Waals surface area contributed by atoms with Crippen molar-refractivity contribution in [3.05, 3.63) is 0 Å². The van der Waals surface area contributed by atoms with Crippen molar-refractivity contribution in [2.24, 2.45) is 11.8 Å². The van der Waals surface area contributed by atoms with E-state index in [1.165, 1.54) is 51.7 Å². The van der Waals surface area contributed by atoms with Crippen LogP contribution in [0.5, 0.6) is 0 Å². The number of hydrogen-bond acceptors (Lipinski definition) is 2. The van der Waals surface area contributed by atoms with Crippen LogP contribution in [0.1, 0.15) is 39.0 Å². The minimum Gasteiger partial charge on any atom is -0.316 e. The van der Waals surface area contributed by atoms with E-state index >= 15 is 0 Å². The molecule has 2 N–H and O–H groups in total. The SMILES string of the molecule is CCCC1CC1NCCC1CCNC1. The first-order valence-electron chi connectivity index (χ1n) is 6.34. The lowest BCUT2D eigenvalue weighted by atomic mass is 10.1. The third-order valence-electron chi connectivity index (χ3n) is 3.70. The summed E-state index contributed by atoms with van der Waals surface area (Å²) in [6, 6.07) is 0.879. The maximum Gasteiger partial charge on any atom is 0.00991 e. The fourth-order valence-electron chi connectivity index (χ4n) is 2.62. The maximum atomic E-state index is 3.69. The van der Waals surface area contributed by atoms with Crippen LogP contribution in [0, 0.1) is 11.8 Å².